The van der Waals surface area contributed by atoms with Gasteiger partial charge < -0.3 is 9.15 Å². The molecule has 27 heavy (non-hydrogen) atoms. The van der Waals surface area contributed by atoms with Crippen molar-refractivity contribution in [2.45, 2.75) is 26.9 Å². The van der Waals surface area contributed by atoms with E-state index >= 15 is 0 Å². The maximum Gasteiger partial charge on any atom is 0.338 e. The van der Waals surface area contributed by atoms with E-state index in [0.29, 0.717) is 22.1 Å². The van der Waals surface area contributed by atoms with E-state index in [0.717, 1.165) is 12.0 Å². The zero-order valence-electron chi connectivity index (χ0n) is 14.9. The molecule has 0 atom stereocenters. The van der Waals surface area contributed by atoms with E-state index < -0.39 is 16.5 Å². The van der Waals surface area contributed by atoms with E-state index in [1.54, 1.807) is 13.0 Å². The van der Waals surface area contributed by atoms with E-state index in [2.05, 4.69) is 0 Å². The molecule has 0 spiro atoms. The number of benzene rings is 2. The lowest BCUT2D eigenvalue weighted by Crippen LogP contribution is -2.08. The second kappa shape index (κ2) is 7.41. The van der Waals surface area contributed by atoms with Gasteiger partial charge in [-0.3, -0.25) is 10.1 Å². The molecule has 7 heteroatoms. The average Bonchev–Trinajstić information content (AvgIpc) is 2.65. The third kappa shape index (κ3) is 3.87. The fraction of sp³-hybridized carbons (Fsp3) is 0.200. The van der Waals surface area contributed by atoms with Crippen molar-refractivity contribution in [1.29, 1.82) is 0 Å². The number of fused-ring (bicyclic) bond motifs is 1. The number of nitrogens with zero attached hydrogens (tertiary/aromatic N) is 1. The predicted molar refractivity (Wildman–Crippen MR) is 98.8 cm³/mol. The molecule has 0 aliphatic rings. The van der Waals surface area contributed by atoms with Crippen LogP contribution in [0.2, 0.25) is 0 Å². The van der Waals surface area contributed by atoms with Crippen molar-refractivity contribution in [3.8, 4) is 0 Å². The van der Waals surface area contributed by atoms with Crippen LogP contribution in [0, 0.1) is 17.0 Å². The van der Waals surface area contributed by atoms with Gasteiger partial charge in [0.05, 0.1) is 10.5 Å². The lowest BCUT2D eigenvalue weighted by Gasteiger charge is -2.08. The quantitative estimate of drug-likeness (QED) is 0.293. The molecular formula is C20H17NO6. The molecule has 3 rings (SSSR count). The van der Waals surface area contributed by atoms with Gasteiger partial charge in [0.15, 0.2) is 0 Å². The molecule has 3 aromatic rings. The number of hydrogen-bond donors (Lipinski definition) is 0. The summed E-state index contributed by atoms with van der Waals surface area (Å²) in [6, 6.07) is 10.9. The fourth-order valence-corrected chi connectivity index (χ4v) is 2.77. The molecule has 0 radical (unpaired) electrons. The third-order valence-electron chi connectivity index (χ3n) is 4.30. The van der Waals surface area contributed by atoms with Gasteiger partial charge in [-0.2, -0.15) is 0 Å². The van der Waals surface area contributed by atoms with Crippen LogP contribution in [0.3, 0.4) is 0 Å². The Bertz CT molecular complexity index is 1100. The largest absolute Gasteiger partial charge is 0.457 e. The number of nitro benzene ring substituents is 1. The van der Waals surface area contributed by atoms with Crippen molar-refractivity contribution >= 4 is 22.6 Å². The zero-order chi connectivity index (χ0) is 19.6. The lowest BCUT2D eigenvalue weighted by atomic mass is 10.1. The first-order chi connectivity index (χ1) is 12.9. The van der Waals surface area contributed by atoms with Crippen LogP contribution in [0.15, 0.2) is 51.7 Å². The molecule has 0 saturated heterocycles. The second-order valence-electron chi connectivity index (χ2n) is 6.11. The molecule has 0 saturated carbocycles. The van der Waals surface area contributed by atoms with Crippen LogP contribution in [0.1, 0.15) is 34.0 Å². The number of nitro groups is 1. The Kier molecular flexibility index (Phi) is 5.03. The summed E-state index contributed by atoms with van der Waals surface area (Å²) in [5, 5.41) is 11.7. The fourth-order valence-electron chi connectivity index (χ4n) is 2.77. The van der Waals surface area contributed by atoms with E-state index in [1.165, 1.54) is 24.3 Å². The molecule has 1 heterocycles. The van der Waals surface area contributed by atoms with Gasteiger partial charge in [-0.05, 0) is 31.0 Å². The Labute approximate surface area is 154 Å². The van der Waals surface area contributed by atoms with E-state index in [-0.39, 0.29) is 17.9 Å². The number of hydrogen-bond acceptors (Lipinski definition) is 6. The van der Waals surface area contributed by atoms with Crippen molar-refractivity contribution in [1.82, 2.24) is 0 Å². The molecule has 0 amide bonds. The Morgan fingerprint density at radius 3 is 2.67 bits per heavy atom. The predicted octanol–water partition coefficient (Wildman–Crippen LogP) is 3.93. The molecule has 0 unspecified atom stereocenters. The second-order valence-corrected chi connectivity index (χ2v) is 6.11. The number of carbonyl (C=O) groups is 1. The molecule has 2 aromatic carbocycles. The normalized spacial score (nSPS) is 10.7. The van der Waals surface area contributed by atoms with Crippen molar-refractivity contribution in [2.75, 3.05) is 0 Å². The molecule has 138 valence electrons. The number of aryl methyl sites for hydroxylation is 2. The number of ether oxygens (including phenoxy) is 1. The van der Waals surface area contributed by atoms with Crippen LogP contribution in [0.5, 0.6) is 0 Å². The highest BCUT2D eigenvalue weighted by Crippen LogP contribution is 2.22. The Balaban J connectivity index is 1.86. The van der Waals surface area contributed by atoms with Crippen molar-refractivity contribution in [2.24, 2.45) is 0 Å². The Hall–Kier alpha value is -3.48. The van der Waals surface area contributed by atoms with Gasteiger partial charge in [0.2, 0.25) is 0 Å². The van der Waals surface area contributed by atoms with Gasteiger partial charge in [0.25, 0.3) is 5.69 Å². The van der Waals surface area contributed by atoms with Crippen LogP contribution >= 0.6 is 0 Å². The highest BCUT2D eigenvalue weighted by atomic mass is 16.6. The smallest absolute Gasteiger partial charge is 0.338 e. The maximum atomic E-state index is 12.3. The molecule has 0 aliphatic heterocycles. The van der Waals surface area contributed by atoms with Gasteiger partial charge in [-0.15, -0.1) is 0 Å². The third-order valence-corrected chi connectivity index (χ3v) is 4.30. The average molecular weight is 367 g/mol. The molecule has 0 aliphatic carbocycles. The summed E-state index contributed by atoms with van der Waals surface area (Å²) >= 11 is 0. The van der Waals surface area contributed by atoms with Crippen LogP contribution in [0.4, 0.5) is 5.69 Å². The molecule has 1 aromatic heterocycles. The lowest BCUT2D eigenvalue weighted by molar-refractivity contribution is -0.385. The molecular weight excluding hydrogens is 350 g/mol. The minimum Gasteiger partial charge on any atom is -0.457 e. The zero-order valence-corrected chi connectivity index (χ0v) is 14.9. The SMILES string of the molecule is CCc1ccc2c(COC(=O)c3ccc(C)c([N+](=O)[O-])c3)cc(=O)oc2c1. The highest BCUT2D eigenvalue weighted by molar-refractivity contribution is 5.90. The molecule has 7 nitrogen and oxygen atoms in total. The summed E-state index contributed by atoms with van der Waals surface area (Å²) in [4.78, 5) is 34.5. The van der Waals surface area contributed by atoms with Crippen LogP contribution in [0.25, 0.3) is 11.0 Å². The minimum absolute atomic E-state index is 0.0767. The first kappa shape index (κ1) is 18.3. The number of rotatable bonds is 5. The first-order valence-corrected chi connectivity index (χ1v) is 8.37. The van der Waals surface area contributed by atoms with E-state index in [1.807, 2.05) is 19.1 Å². The van der Waals surface area contributed by atoms with E-state index in [4.69, 9.17) is 9.15 Å². The minimum atomic E-state index is -0.704. The van der Waals surface area contributed by atoms with Crippen molar-refractivity contribution in [3.63, 3.8) is 0 Å². The van der Waals surface area contributed by atoms with Gasteiger partial charge in [0, 0.05) is 28.6 Å². The summed E-state index contributed by atoms with van der Waals surface area (Å²) in [6.45, 7) is 3.44. The van der Waals surface area contributed by atoms with Gasteiger partial charge in [-0.1, -0.05) is 25.1 Å². The number of esters is 1. The summed E-state index contributed by atoms with van der Waals surface area (Å²) in [7, 11) is 0. The van der Waals surface area contributed by atoms with Crippen LogP contribution in [-0.4, -0.2) is 10.9 Å². The summed E-state index contributed by atoms with van der Waals surface area (Å²) in [5.74, 6) is -0.704. The van der Waals surface area contributed by atoms with Gasteiger partial charge in [0.1, 0.15) is 12.2 Å². The highest BCUT2D eigenvalue weighted by Gasteiger charge is 2.16. The van der Waals surface area contributed by atoms with Crippen molar-refractivity contribution in [3.05, 3.63) is 85.3 Å². The topological polar surface area (TPSA) is 99.6 Å². The number of carbonyl (C=O) groups excluding carboxylic acids is 1. The molecule has 0 bridgehead atoms. The monoisotopic (exact) mass is 367 g/mol. The van der Waals surface area contributed by atoms with Gasteiger partial charge in [-0.25, -0.2) is 9.59 Å². The summed E-state index contributed by atoms with van der Waals surface area (Å²) in [6.07, 6.45) is 0.797. The maximum absolute atomic E-state index is 12.3. The van der Waals surface area contributed by atoms with Gasteiger partial charge >= 0.3 is 11.6 Å². The van der Waals surface area contributed by atoms with Crippen LogP contribution in [-0.2, 0) is 17.8 Å². The first-order valence-electron chi connectivity index (χ1n) is 8.37. The van der Waals surface area contributed by atoms with Crippen LogP contribution < -0.4 is 5.63 Å². The van der Waals surface area contributed by atoms with Crippen molar-refractivity contribution < 1.29 is 18.9 Å². The molecule has 0 N–H and O–H groups in total. The standard InChI is InChI=1S/C20H17NO6/c1-3-13-5-7-16-15(10-19(22)27-18(16)8-13)11-26-20(23)14-6-4-12(2)17(9-14)21(24)25/h4-10H,3,11H2,1-2H3. The Morgan fingerprint density at radius 2 is 1.96 bits per heavy atom. The summed E-state index contributed by atoms with van der Waals surface area (Å²) in [5.41, 5.74) is 1.81. The molecule has 0 fully saturated rings. The Morgan fingerprint density at radius 1 is 1.19 bits per heavy atom. The summed E-state index contributed by atoms with van der Waals surface area (Å²) < 4.78 is 10.5. The van der Waals surface area contributed by atoms with E-state index in [9.17, 15) is 19.7 Å².